The van der Waals surface area contributed by atoms with Gasteiger partial charge in [0.25, 0.3) is 0 Å². The number of hydrogen-bond acceptors (Lipinski definition) is 6. The van der Waals surface area contributed by atoms with Gasteiger partial charge in [0.05, 0.1) is 19.3 Å². The molecule has 56 heavy (non-hydrogen) atoms. The van der Waals surface area contributed by atoms with Gasteiger partial charge in [-0.25, -0.2) is 0 Å². The fraction of sp³-hybridized carbons (Fsp3) is 0.755. The Balaban J connectivity index is 1.32. The third-order valence-electron chi connectivity index (χ3n) is 13.4. The fourth-order valence-corrected chi connectivity index (χ4v) is 9.91. The minimum absolute atomic E-state index is 0.0829. The Kier molecular flexibility index (Phi) is 18.3. The van der Waals surface area contributed by atoms with Gasteiger partial charge in [-0.05, 0) is 145 Å². The summed E-state index contributed by atoms with van der Waals surface area (Å²) in [7, 11) is -1.91. The van der Waals surface area contributed by atoms with Crippen LogP contribution in [-0.4, -0.2) is 53.4 Å². The van der Waals surface area contributed by atoms with Gasteiger partial charge in [-0.3, -0.25) is 0 Å². The maximum atomic E-state index is 7.01. The highest BCUT2D eigenvalue weighted by atomic mass is 28.4. The first kappa shape index (κ1) is 45.3. The molecule has 0 spiro atoms. The van der Waals surface area contributed by atoms with Crippen LogP contribution in [0.25, 0.3) is 0 Å². The highest BCUT2D eigenvalue weighted by Crippen LogP contribution is 2.53. The second-order valence-corrected chi connectivity index (χ2v) is 24.2. The van der Waals surface area contributed by atoms with Crippen LogP contribution in [0.3, 0.4) is 0 Å². The van der Waals surface area contributed by atoms with E-state index in [-0.39, 0.29) is 29.6 Å². The monoisotopic (exact) mass is 793 g/mol. The Labute approximate surface area is 343 Å². The third-order valence-corrected chi connectivity index (χ3v) is 17.9. The molecule has 1 aromatic rings. The van der Waals surface area contributed by atoms with Crippen LogP contribution < -0.4 is 0 Å². The number of benzene rings is 1. The van der Waals surface area contributed by atoms with E-state index in [4.69, 9.17) is 28.1 Å². The number of unbranched alkanes of at least 4 members (excludes halogenated alkanes) is 1. The standard InChI is InChI=1S/C49H80O6Si/c1-37(2)20-18-21-38(3)22-19-26-44(54-46-27-13-16-30-51-46)48-43-33-41(32-42(43)34-45(48)55-47-28-14-17-31-52-47)40(36-53-56(7,8)49(4,5)6)25-12-15-29-50-35-39-23-10-9-11-24-39/h9-11,20,23-24,26,32,38,40,42-43,45-48H,12-19,21-22,25,27-31,33-36H2,1-8H3/t38-,40?,42?,43?,45-,46?,47?,48+/m1/s1. The van der Waals surface area contributed by atoms with Gasteiger partial charge in [0, 0.05) is 38.1 Å². The van der Waals surface area contributed by atoms with Crippen molar-refractivity contribution in [1.29, 1.82) is 0 Å². The summed E-state index contributed by atoms with van der Waals surface area (Å²) in [5, 5.41) is 0.182. The van der Waals surface area contributed by atoms with Crippen LogP contribution in [0.1, 0.15) is 143 Å². The lowest BCUT2D eigenvalue weighted by molar-refractivity contribution is -0.201. The molecule has 2 saturated heterocycles. The van der Waals surface area contributed by atoms with Crippen molar-refractivity contribution in [1.82, 2.24) is 0 Å². The molecule has 2 aliphatic heterocycles. The van der Waals surface area contributed by atoms with Gasteiger partial charge in [-0.15, -0.1) is 0 Å². The summed E-state index contributed by atoms with van der Waals surface area (Å²) in [6, 6.07) is 10.5. The molecule has 0 aromatic heterocycles. The van der Waals surface area contributed by atoms with Crippen molar-refractivity contribution >= 4 is 8.32 Å². The summed E-state index contributed by atoms with van der Waals surface area (Å²) in [5.41, 5.74) is 4.25. The zero-order valence-corrected chi connectivity index (χ0v) is 37.8. The second kappa shape index (κ2) is 22.6. The average molecular weight is 793 g/mol. The molecule has 316 valence electrons. The number of rotatable bonds is 22. The Bertz CT molecular complexity index is 1360. The Hall–Kier alpha value is -1.74. The highest BCUT2D eigenvalue weighted by Gasteiger charge is 2.50. The highest BCUT2D eigenvalue weighted by molar-refractivity contribution is 6.74. The van der Waals surface area contributed by atoms with E-state index in [1.165, 1.54) is 30.4 Å². The number of allylic oxidation sites excluding steroid dienone is 4. The van der Waals surface area contributed by atoms with Crippen molar-refractivity contribution in [2.24, 2.45) is 29.6 Å². The molecule has 5 rings (SSSR count). The van der Waals surface area contributed by atoms with Crippen LogP contribution in [0.5, 0.6) is 0 Å². The van der Waals surface area contributed by atoms with Crippen LogP contribution >= 0.6 is 0 Å². The van der Waals surface area contributed by atoms with Gasteiger partial charge in [-0.1, -0.05) is 87.7 Å². The number of fused-ring (bicyclic) bond motifs is 1. The maximum Gasteiger partial charge on any atom is 0.199 e. The van der Waals surface area contributed by atoms with Crippen LogP contribution in [0.2, 0.25) is 18.1 Å². The number of ether oxygens (including phenoxy) is 5. The normalized spacial score (nSPS) is 27.1. The van der Waals surface area contributed by atoms with Crippen LogP contribution in [-0.2, 0) is 34.7 Å². The van der Waals surface area contributed by atoms with E-state index >= 15 is 0 Å². The SMILES string of the molecule is CC(C)=CCC[C@@H](C)CCC=C(OC1CCCCO1)[C@@H]1C2CC(C(CCCCOCc3ccccc3)CO[Si](C)(C)C(C)(C)C)=CC2C[C@H]1OC1CCCCO1. The molecule has 4 aliphatic rings. The van der Waals surface area contributed by atoms with E-state index < -0.39 is 8.32 Å². The average Bonchev–Trinajstić information content (AvgIpc) is 3.72. The quantitative estimate of drug-likeness (QED) is 0.0504. The molecule has 3 fully saturated rings. The molecule has 2 aliphatic carbocycles. The van der Waals surface area contributed by atoms with Crippen molar-refractivity contribution in [2.45, 2.75) is 181 Å². The van der Waals surface area contributed by atoms with E-state index in [1.54, 1.807) is 5.57 Å². The molecule has 5 unspecified atom stereocenters. The van der Waals surface area contributed by atoms with Crippen molar-refractivity contribution in [3.05, 3.63) is 71.0 Å². The smallest absolute Gasteiger partial charge is 0.199 e. The lowest BCUT2D eigenvalue weighted by Gasteiger charge is -2.38. The largest absolute Gasteiger partial charge is 0.469 e. The van der Waals surface area contributed by atoms with Crippen molar-refractivity contribution < 1.29 is 28.1 Å². The minimum Gasteiger partial charge on any atom is -0.469 e. The molecule has 0 amide bonds. The van der Waals surface area contributed by atoms with Gasteiger partial charge in [0.1, 0.15) is 5.76 Å². The Morgan fingerprint density at radius 1 is 0.893 bits per heavy atom. The summed E-state index contributed by atoms with van der Waals surface area (Å²) in [5.74, 6) is 3.32. The fourth-order valence-electron chi connectivity index (χ4n) is 8.86. The lowest BCUT2D eigenvalue weighted by Crippen LogP contribution is -2.42. The zero-order chi connectivity index (χ0) is 40.0. The molecule has 1 saturated carbocycles. The summed E-state index contributed by atoms with van der Waals surface area (Å²) >= 11 is 0. The van der Waals surface area contributed by atoms with Gasteiger partial charge in [0.2, 0.25) is 0 Å². The first-order valence-corrected chi connectivity index (χ1v) is 25.7. The first-order chi connectivity index (χ1) is 26.9. The van der Waals surface area contributed by atoms with Gasteiger partial charge in [-0.2, -0.15) is 0 Å². The maximum absolute atomic E-state index is 7.01. The summed E-state index contributed by atoms with van der Waals surface area (Å²) in [4.78, 5) is 0. The summed E-state index contributed by atoms with van der Waals surface area (Å²) in [6.07, 6.45) is 23.8. The van der Waals surface area contributed by atoms with Crippen LogP contribution in [0.4, 0.5) is 0 Å². The van der Waals surface area contributed by atoms with Crippen molar-refractivity contribution in [2.75, 3.05) is 26.4 Å². The van der Waals surface area contributed by atoms with Gasteiger partial charge >= 0.3 is 0 Å². The summed E-state index contributed by atoms with van der Waals surface area (Å²) < 4.78 is 39.6. The topological polar surface area (TPSA) is 55.4 Å². The molecule has 0 bridgehead atoms. The van der Waals surface area contributed by atoms with Crippen LogP contribution in [0, 0.1) is 29.6 Å². The number of hydrogen-bond donors (Lipinski definition) is 0. The van der Waals surface area contributed by atoms with E-state index in [0.29, 0.717) is 30.3 Å². The molecule has 7 heteroatoms. The molecule has 2 heterocycles. The summed E-state index contributed by atoms with van der Waals surface area (Å²) in [6.45, 7) is 22.5. The Morgan fingerprint density at radius 2 is 1.59 bits per heavy atom. The van der Waals surface area contributed by atoms with Gasteiger partial charge in [0.15, 0.2) is 20.9 Å². The minimum atomic E-state index is -1.91. The Morgan fingerprint density at radius 3 is 2.25 bits per heavy atom. The molecule has 1 aromatic carbocycles. The predicted octanol–water partition coefficient (Wildman–Crippen LogP) is 13.1. The van der Waals surface area contributed by atoms with E-state index in [9.17, 15) is 0 Å². The third kappa shape index (κ3) is 14.2. The van der Waals surface area contributed by atoms with E-state index in [1.807, 2.05) is 0 Å². The van der Waals surface area contributed by atoms with E-state index in [2.05, 4.69) is 103 Å². The lowest BCUT2D eigenvalue weighted by atomic mass is 9.84. The second-order valence-electron chi connectivity index (χ2n) is 19.4. The first-order valence-electron chi connectivity index (χ1n) is 22.7. The van der Waals surface area contributed by atoms with Crippen LogP contribution in [0.15, 0.2) is 65.5 Å². The molecule has 0 radical (unpaired) electrons. The molecule has 6 nitrogen and oxygen atoms in total. The van der Waals surface area contributed by atoms with Gasteiger partial charge < -0.3 is 28.1 Å². The molecule has 8 atom stereocenters. The molecular weight excluding hydrogens is 713 g/mol. The van der Waals surface area contributed by atoms with E-state index in [0.717, 1.165) is 109 Å². The van der Waals surface area contributed by atoms with Crippen molar-refractivity contribution in [3.63, 3.8) is 0 Å². The van der Waals surface area contributed by atoms with Crippen molar-refractivity contribution in [3.8, 4) is 0 Å². The molecule has 0 N–H and O–H groups in total. The molecular formula is C49H80O6Si. The zero-order valence-electron chi connectivity index (χ0n) is 36.8. The predicted molar refractivity (Wildman–Crippen MR) is 233 cm³/mol.